The third-order valence-electron chi connectivity index (χ3n) is 3.71. The van der Waals surface area contributed by atoms with Crippen LogP contribution in [0.25, 0.3) is 0 Å². The van der Waals surface area contributed by atoms with Crippen LogP contribution in [-0.2, 0) is 27.2 Å². The Morgan fingerprint density at radius 1 is 1.04 bits per heavy atom. The first kappa shape index (κ1) is 19.4. The van der Waals surface area contributed by atoms with E-state index in [-0.39, 0.29) is 19.0 Å². The van der Waals surface area contributed by atoms with Crippen LogP contribution in [0.3, 0.4) is 0 Å². The van der Waals surface area contributed by atoms with Gasteiger partial charge in [-0.25, -0.2) is 9.18 Å². The van der Waals surface area contributed by atoms with E-state index in [1.54, 1.807) is 18.2 Å². The Kier molecular flexibility index (Phi) is 7.61. The molecule has 0 aromatic heterocycles. The van der Waals surface area contributed by atoms with Gasteiger partial charge in [-0.05, 0) is 42.2 Å². The Balaban J connectivity index is 1.63. The van der Waals surface area contributed by atoms with Gasteiger partial charge in [-0.3, -0.25) is 4.79 Å². The zero-order chi connectivity index (χ0) is 18.8. The number of hydrogen-bond donors (Lipinski definition) is 1. The Morgan fingerprint density at radius 2 is 1.77 bits per heavy atom. The summed E-state index contributed by atoms with van der Waals surface area (Å²) in [6.45, 7) is 1.76. The van der Waals surface area contributed by atoms with Crippen molar-refractivity contribution in [3.05, 3.63) is 65.5 Å². The summed E-state index contributed by atoms with van der Waals surface area (Å²) in [6, 6.07) is 13.5. The number of amides is 1. The van der Waals surface area contributed by atoms with Crippen LogP contribution < -0.4 is 10.1 Å². The van der Waals surface area contributed by atoms with Gasteiger partial charge in [-0.1, -0.05) is 37.3 Å². The lowest BCUT2D eigenvalue weighted by molar-refractivity contribution is -0.150. The summed E-state index contributed by atoms with van der Waals surface area (Å²) in [5.41, 5.74) is 1.91. The third-order valence-corrected chi connectivity index (χ3v) is 3.71. The summed E-state index contributed by atoms with van der Waals surface area (Å²) in [4.78, 5) is 23.4. The van der Waals surface area contributed by atoms with E-state index in [4.69, 9.17) is 9.47 Å². The van der Waals surface area contributed by atoms with Crippen molar-refractivity contribution in [3.8, 4) is 5.75 Å². The van der Waals surface area contributed by atoms with Gasteiger partial charge >= 0.3 is 5.97 Å². The lowest BCUT2D eigenvalue weighted by atomic mass is 10.1. The number of benzene rings is 2. The lowest BCUT2D eigenvalue weighted by Gasteiger charge is -2.10. The van der Waals surface area contributed by atoms with E-state index < -0.39 is 11.9 Å². The summed E-state index contributed by atoms with van der Waals surface area (Å²) in [5, 5.41) is 2.64. The monoisotopic (exact) mass is 359 g/mol. The lowest BCUT2D eigenvalue weighted by Crippen LogP contribution is -2.31. The molecule has 0 unspecified atom stereocenters. The number of aryl methyl sites for hydroxylation is 1. The molecule has 0 fully saturated rings. The van der Waals surface area contributed by atoms with Crippen LogP contribution >= 0.6 is 0 Å². The van der Waals surface area contributed by atoms with E-state index >= 15 is 0 Å². The Morgan fingerprint density at radius 3 is 2.50 bits per heavy atom. The number of halogens is 1. The Bertz CT molecular complexity index is 731. The fraction of sp³-hybridized carbons (Fsp3) is 0.300. The molecule has 138 valence electrons. The van der Waals surface area contributed by atoms with Gasteiger partial charge in [0.1, 0.15) is 11.6 Å². The molecule has 1 amide bonds. The second-order valence-electron chi connectivity index (χ2n) is 5.64. The van der Waals surface area contributed by atoms with E-state index in [0.29, 0.717) is 18.7 Å². The maximum absolute atomic E-state index is 12.8. The molecule has 0 aliphatic rings. The van der Waals surface area contributed by atoms with Crippen LogP contribution in [0.4, 0.5) is 4.39 Å². The predicted octanol–water partition coefficient (Wildman–Crippen LogP) is 2.67. The van der Waals surface area contributed by atoms with Gasteiger partial charge in [0.15, 0.2) is 13.2 Å². The molecule has 0 aliphatic carbocycles. The molecule has 0 aliphatic heterocycles. The van der Waals surface area contributed by atoms with Gasteiger partial charge in [-0.2, -0.15) is 0 Å². The van der Waals surface area contributed by atoms with Gasteiger partial charge in [-0.15, -0.1) is 0 Å². The molecule has 2 rings (SSSR count). The number of para-hydroxylation sites is 1. The normalized spacial score (nSPS) is 10.2. The summed E-state index contributed by atoms with van der Waals surface area (Å²) in [6.07, 6.45) is 1.36. The molecule has 0 radical (unpaired) electrons. The first-order valence-electron chi connectivity index (χ1n) is 8.46. The van der Waals surface area contributed by atoms with E-state index in [1.165, 1.54) is 12.1 Å². The molecule has 0 saturated carbocycles. The second kappa shape index (κ2) is 10.2. The van der Waals surface area contributed by atoms with Crippen molar-refractivity contribution < 1.29 is 23.5 Å². The second-order valence-corrected chi connectivity index (χ2v) is 5.64. The first-order valence-corrected chi connectivity index (χ1v) is 8.46. The minimum atomic E-state index is -0.607. The molecule has 6 heteroatoms. The maximum atomic E-state index is 12.8. The fourth-order valence-electron chi connectivity index (χ4n) is 2.31. The van der Waals surface area contributed by atoms with Crippen LogP contribution in [0.5, 0.6) is 5.75 Å². The van der Waals surface area contributed by atoms with Crippen LogP contribution in [-0.4, -0.2) is 31.6 Å². The molecule has 5 nitrogen and oxygen atoms in total. The largest absolute Gasteiger partial charge is 0.482 e. The van der Waals surface area contributed by atoms with Crippen molar-refractivity contribution >= 4 is 11.9 Å². The minimum absolute atomic E-state index is 0.250. The van der Waals surface area contributed by atoms with E-state index in [9.17, 15) is 14.0 Å². The smallest absolute Gasteiger partial charge is 0.344 e. The van der Waals surface area contributed by atoms with Gasteiger partial charge in [0.05, 0.1) is 0 Å². The zero-order valence-electron chi connectivity index (χ0n) is 14.7. The highest BCUT2D eigenvalue weighted by molar-refractivity contribution is 5.80. The average molecular weight is 359 g/mol. The van der Waals surface area contributed by atoms with Crippen LogP contribution in [0.1, 0.15) is 18.1 Å². The van der Waals surface area contributed by atoms with Crippen LogP contribution in [0.15, 0.2) is 48.5 Å². The number of nitrogens with one attached hydrogen (secondary N) is 1. The average Bonchev–Trinajstić information content (AvgIpc) is 2.66. The molecule has 0 spiro atoms. The molecule has 2 aromatic rings. The molecule has 0 bridgehead atoms. The number of rotatable bonds is 9. The van der Waals surface area contributed by atoms with Crippen molar-refractivity contribution in [3.63, 3.8) is 0 Å². The molecular weight excluding hydrogens is 337 g/mol. The highest BCUT2D eigenvalue weighted by atomic mass is 19.1. The predicted molar refractivity (Wildman–Crippen MR) is 95.4 cm³/mol. The Labute approximate surface area is 152 Å². The molecule has 0 atom stereocenters. The molecule has 26 heavy (non-hydrogen) atoms. The molecule has 2 aromatic carbocycles. The van der Waals surface area contributed by atoms with Crippen LogP contribution in [0.2, 0.25) is 0 Å². The fourth-order valence-corrected chi connectivity index (χ4v) is 2.31. The summed E-state index contributed by atoms with van der Waals surface area (Å²) in [5.74, 6) is -0.664. The Hall–Kier alpha value is -2.89. The first-order chi connectivity index (χ1) is 12.6. The van der Waals surface area contributed by atoms with Crippen molar-refractivity contribution in [2.75, 3.05) is 19.8 Å². The quantitative estimate of drug-likeness (QED) is 0.699. The molecular formula is C20H22FNO4. The molecule has 0 saturated heterocycles. The molecule has 0 heterocycles. The SMILES string of the molecule is CCc1ccccc1OCC(=O)OCC(=O)NCCc1ccc(F)cc1. The standard InChI is InChI=1S/C20H22FNO4/c1-2-16-5-3-4-6-18(16)25-14-20(24)26-13-19(23)22-12-11-15-7-9-17(21)10-8-15/h3-10H,2,11-14H2,1H3,(H,22,23). The van der Waals surface area contributed by atoms with E-state index in [0.717, 1.165) is 17.5 Å². The summed E-state index contributed by atoms with van der Waals surface area (Å²) >= 11 is 0. The van der Waals surface area contributed by atoms with Gasteiger partial charge in [0, 0.05) is 6.54 Å². The number of ether oxygens (including phenoxy) is 2. The van der Waals surface area contributed by atoms with Gasteiger partial charge in [0.25, 0.3) is 5.91 Å². The zero-order valence-corrected chi connectivity index (χ0v) is 14.7. The minimum Gasteiger partial charge on any atom is -0.482 e. The van der Waals surface area contributed by atoms with Crippen molar-refractivity contribution in [2.45, 2.75) is 19.8 Å². The summed E-state index contributed by atoms with van der Waals surface area (Å²) in [7, 11) is 0. The van der Waals surface area contributed by atoms with Crippen molar-refractivity contribution in [1.29, 1.82) is 0 Å². The third kappa shape index (κ3) is 6.55. The number of carbonyl (C=O) groups excluding carboxylic acids is 2. The van der Waals surface area contributed by atoms with Crippen molar-refractivity contribution in [2.24, 2.45) is 0 Å². The maximum Gasteiger partial charge on any atom is 0.344 e. The van der Waals surface area contributed by atoms with E-state index in [1.807, 2.05) is 25.1 Å². The highest BCUT2D eigenvalue weighted by Gasteiger charge is 2.09. The van der Waals surface area contributed by atoms with E-state index in [2.05, 4.69) is 5.32 Å². The van der Waals surface area contributed by atoms with Crippen LogP contribution in [0, 0.1) is 5.82 Å². The van der Waals surface area contributed by atoms with Gasteiger partial charge < -0.3 is 14.8 Å². The summed E-state index contributed by atoms with van der Waals surface area (Å²) < 4.78 is 23.1. The number of esters is 1. The van der Waals surface area contributed by atoms with Crippen molar-refractivity contribution in [1.82, 2.24) is 5.32 Å². The topological polar surface area (TPSA) is 64.6 Å². The molecule has 1 N–H and O–H groups in total. The van der Waals surface area contributed by atoms with Gasteiger partial charge in [0.2, 0.25) is 0 Å². The highest BCUT2D eigenvalue weighted by Crippen LogP contribution is 2.18. The number of carbonyl (C=O) groups is 2. The number of hydrogen-bond acceptors (Lipinski definition) is 4.